The van der Waals surface area contributed by atoms with Crippen LogP contribution in [0.25, 0.3) is 32.2 Å². The zero-order valence-electron chi connectivity index (χ0n) is 16.4. The van der Waals surface area contributed by atoms with Gasteiger partial charge in [0, 0.05) is 60.5 Å². The number of rotatable bonds is 5. The fraction of sp³-hybridized carbons (Fsp3) is 0.333. The molecule has 4 rings (SSSR count). The number of nitrogens with one attached hydrogen (secondary N) is 1. The first-order valence-electron chi connectivity index (χ1n) is 9.72. The van der Waals surface area contributed by atoms with Crippen LogP contribution in [-0.4, -0.2) is 67.0 Å². The van der Waals surface area contributed by atoms with E-state index in [9.17, 15) is 4.79 Å². The van der Waals surface area contributed by atoms with E-state index in [1.807, 2.05) is 47.4 Å². The third-order valence-corrected chi connectivity index (χ3v) is 5.30. The first-order chi connectivity index (χ1) is 14.2. The average Bonchev–Trinajstić information content (AvgIpc) is 2.75. The molecule has 0 aliphatic carbocycles. The molecule has 8 heteroatoms. The number of benzene rings is 2. The van der Waals surface area contributed by atoms with Gasteiger partial charge in [0.25, 0.3) is 5.91 Å². The van der Waals surface area contributed by atoms with Gasteiger partial charge < -0.3 is 15.1 Å². The Morgan fingerprint density at radius 2 is 1.90 bits per heavy atom. The molecule has 1 amide bonds. The molecular formula is C21H23N7O. The summed E-state index contributed by atoms with van der Waals surface area (Å²) in [5.74, 6) is 0.0489. The Hall–Kier alpha value is -3.35. The fourth-order valence-electron chi connectivity index (χ4n) is 3.68. The number of aromatic nitrogens is 1. The van der Waals surface area contributed by atoms with Crippen LogP contribution in [0, 0.1) is 0 Å². The zero-order valence-corrected chi connectivity index (χ0v) is 16.4. The number of fused-ring (bicyclic) bond motifs is 2. The van der Waals surface area contributed by atoms with Crippen LogP contribution in [0.4, 0.5) is 5.69 Å². The molecule has 148 valence electrons. The predicted octanol–water partition coefficient (Wildman–Crippen LogP) is 3.50. The van der Waals surface area contributed by atoms with E-state index in [0.717, 1.165) is 53.7 Å². The zero-order chi connectivity index (χ0) is 20.2. The minimum Gasteiger partial charge on any atom is -0.384 e. The Kier molecular flexibility index (Phi) is 5.46. The predicted molar refractivity (Wildman–Crippen MR) is 115 cm³/mol. The molecule has 1 aliphatic heterocycles. The second-order valence-corrected chi connectivity index (χ2v) is 7.21. The van der Waals surface area contributed by atoms with Crippen LogP contribution in [0.1, 0.15) is 10.4 Å². The van der Waals surface area contributed by atoms with Gasteiger partial charge in [0.1, 0.15) is 0 Å². The minimum atomic E-state index is 0.0489. The van der Waals surface area contributed by atoms with Crippen molar-refractivity contribution in [2.24, 2.45) is 5.11 Å². The van der Waals surface area contributed by atoms with Crippen molar-refractivity contribution in [3.05, 3.63) is 58.5 Å². The summed E-state index contributed by atoms with van der Waals surface area (Å²) in [6.07, 6.45) is 0. The second-order valence-electron chi connectivity index (χ2n) is 7.21. The maximum Gasteiger partial charge on any atom is 0.254 e. The van der Waals surface area contributed by atoms with Crippen LogP contribution in [-0.2, 0) is 0 Å². The number of piperazine rings is 1. The maximum atomic E-state index is 13.0. The van der Waals surface area contributed by atoms with E-state index < -0.39 is 0 Å². The van der Waals surface area contributed by atoms with Gasteiger partial charge in [-0.3, -0.25) is 4.79 Å². The highest BCUT2D eigenvalue weighted by molar-refractivity contribution is 6.09. The van der Waals surface area contributed by atoms with Crippen molar-refractivity contribution in [3.8, 4) is 0 Å². The number of para-hydroxylation sites is 1. The van der Waals surface area contributed by atoms with Crippen molar-refractivity contribution >= 4 is 33.4 Å². The molecule has 2 heterocycles. The summed E-state index contributed by atoms with van der Waals surface area (Å²) in [5.41, 5.74) is 11.7. The molecule has 2 aromatic carbocycles. The molecule has 0 unspecified atom stereocenters. The Labute approximate surface area is 168 Å². The van der Waals surface area contributed by atoms with Gasteiger partial charge in [-0.25, -0.2) is 4.98 Å². The van der Waals surface area contributed by atoms with Crippen LogP contribution in [0.3, 0.4) is 0 Å². The normalized spacial score (nSPS) is 14.7. The van der Waals surface area contributed by atoms with E-state index in [4.69, 9.17) is 10.5 Å². The van der Waals surface area contributed by atoms with Crippen LogP contribution < -0.4 is 5.32 Å². The molecule has 1 saturated heterocycles. The molecule has 3 aromatic rings. The Bertz CT molecular complexity index is 1100. The van der Waals surface area contributed by atoms with Gasteiger partial charge in [-0.1, -0.05) is 23.3 Å². The average molecular weight is 389 g/mol. The molecular weight excluding hydrogens is 366 g/mol. The quantitative estimate of drug-likeness (QED) is 0.237. The van der Waals surface area contributed by atoms with Gasteiger partial charge in [-0.05, 0) is 36.8 Å². The topological polar surface area (TPSA) is 97.2 Å². The minimum absolute atomic E-state index is 0.0489. The monoisotopic (exact) mass is 389 g/mol. The van der Waals surface area contributed by atoms with Crippen molar-refractivity contribution in [2.45, 2.75) is 0 Å². The van der Waals surface area contributed by atoms with E-state index in [2.05, 4.69) is 27.3 Å². The molecule has 0 saturated carbocycles. The van der Waals surface area contributed by atoms with Gasteiger partial charge in [0.2, 0.25) is 0 Å². The van der Waals surface area contributed by atoms with Gasteiger partial charge >= 0.3 is 0 Å². The summed E-state index contributed by atoms with van der Waals surface area (Å²) >= 11 is 0. The number of likely N-dealkylation sites (N-methyl/N-ethyl adjacent to an activating group) is 1. The van der Waals surface area contributed by atoms with E-state index in [1.54, 1.807) is 0 Å². The van der Waals surface area contributed by atoms with Crippen LogP contribution >= 0.6 is 0 Å². The lowest BCUT2D eigenvalue weighted by molar-refractivity contribution is 0.0664. The summed E-state index contributed by atoms with van der Waals surface area (Å²) < 4.78 is 0. The van der Waals surface area contributed by atoms with Crippen molar-refractivity contribution in [3.63, 3.8) is 0 Å². The lowest BCUT2D eigenvalue weighted by Crippen LogP contribution is -2.47. The van der Waals surface area contributed by atoms with Gasteiger partial charge in [0.15, 0.2) is 0 Å². The largest absolute Gasteiger partial charge is 0.384 e. The van der Waals surface area contributed by atoms with E-state index in [-0.39, 0.29) is 5.91 Å². The number of carbonyl (C=O) groups is 1. The van der Waals surface area contributed by atoms with Crippen LogP contribution in [0.5, 0.6) is 0 Å². The van der Waals surface area contributed by atoms with Crippen LogP contribution in [0.15, 0.2) is 47.6 Å². The fourth-order valence-corrected chi connectivity index (χ4v) is 3.68. The molecule has 29 heavy (non-hydrogen) atoms. The van der Waals surface area contributed by atoms with Crippen molar-refractivity contribution < 1.29 is 4.79 Å². The van der Waals surface area contributed by atoms with Gasteiger partial charge in [0.05, 0.1) is 16.7 Å². The summed E-state index contributed by atoms with van der Waals surface area (Å²) in [6, 6.07) is 13.6. The highest BCUT2D eigenvalue weighted by atomic mass is 16.2. The number of anilines is 1. The molecule has 1 fully saturated rings. The highest BCUT2D eigenvalue weighted by Crippen LogP contribution is 2.31. The molecule has 1 N–H and O–H groups in total. The first kappa shape index (κ1) is 19.0. The summed E-state index contributed by atoms with van der Waals surface area (Å²) in [7, 11) is 2.07. The summed E-state index contributed by atoms with van der Waals surface area (Å²) in [6.45, 7) is 4.14. The number of carbonyl (C=O) groups excluding carboxylic acids is 1. The number of nitrogens with zero attached hydrogens (tertiary/aromatic N) is 6. The highest BCUT2D eigenvalue weighted by Gasteiger charge is 2.21. The van der Waals surface area contributed by atoms with Gasteiger partial charge in [-0.2, -0.15) is 0 Å². The standard InChI is InChI=1S/C21H23N7O/c1-27-10-12-28(13-11-27)21(29)15-6-7-17-19(14-15)25-18-5-3-2-4-16(18)20(17)23-8-9-24-26-22/h2-7,14H,8-13H2,1H3,(H,23,25). The number of azide groups is 1. The number of pyridine rings is 1. The lowest BCUT2D eigenvalue weighted by Gasteiger charge is -2.32. The third-order valence-electron chi connectivity index (χ3n) is 5.30. The number of hydrogen-bond donors (Lipinski definition) is 1. The van der Waals surface area contributed by atoms with E-state index in [0.29, 0.717) is 18.7 Å². The molecule has 0 atom stereocenters. The molecule has 0 bridgehead atoms. The van der Waals surface area contributed by atoms with Gasteiger partial charge in [-0.15, -0.1) is 0 Å². The van der Waals surface area contributed by atoms with E-state index >= 15 is 0 Å². The van der Waals surface area contributed by atoms with E-state index in [1.165, 1.54) is 0 Å². The molecule has 1 aromatic heterocycles. The maximum absolute atomic E-state index is 13.0. The van der Waals surface area contributed by atoms with Crippen molar-refractivity contribution in [2.75, 3.05) is 51.6 Å². The summed E-state index contributed by atoms with van der Waals surface area (Å²) in [5, 5.41) is 8.91. The molecule has 8 nitrogen and oxygen atoms in total. The Morgan fingerprint density at radius 1 is 1.14 bits per heavy atom. The summed E-state index contributed by atoms with van der Waals surface area (Å²) in [4.78, 5) is 24.7. The second kappa shape index (κ2) is 8.34. The lowest BCUT2D eigenvalue weighted by atomic mass is 10.0. The molecule has 1 aliphatic rings. The molecule has 0 radical (unpaired) electrons. The molecule has 0 spiro atoms. The smallest absolute Gasteiger partial charge is 0.254 e. The number of hydrogen-bond acceptors (Lipinski definition) is 5. The van der Waals surface area contributed by atoms with Crippen molar-refractivity contribution in [1.82, 2.24) is 14.8 Å². The van der Waals surface area contributed by atoms with Crippen LogP contribution in [0.2, 0.25) is 0 Å². The first-order valence-corrected chi connectivity index (χ1v) is 9.72. The SMILES string of the molecule is CN1CCN(C(=O)c2ccc3c(NCCN=[N+]=[N-])c4ccccc4nc3c2)CC1. The third kappa shape index (κ3) is 3.94. The Morgan fingerprint density at radius 3 is 2.69 bits per heavy atom. The number of amides is 1. The Balaban J connectivity index is 1.71. The van der Waals surface area contributed by atoms with Crippen molar-refractivity contribution in [1.29, 1.82) is 0 Å².